The molecule has 3 N–H and O–H groups in total. The summed E-state index contributed by atoms with van der Waals surface area (Å²) in [4.78, 5) is 16.8. The SMILES string of the molecule is Nc1c(C(=O)NCCc2ccsc2)sc2cnccc12. The third kappa shape index (κ3) is 2.52. The van der Waals surface area contributed by atoms with E-state index in [0.717, 1.165) is 16.5 Å². The maximum absolute atomic E-state index is 12.2. The maximum atomic E-state index is 12.2. The summed E-state index contributed by atoms with van der Waals surface area (Å²) in [5.41, 5.74) is 7.81. The van der Waals surface area contributed by atoms with Crippen LogP contribution in [0.2, 0.25) is 0 Å². The second kappa shape index (κ2) is 5.60. The van der Waals surface area contributed by atoms with Crippen LogP contribution in [-0.2, 0) is 6.42 Å². The number of pyridine rings is 1. The number of amides is 1. The zero-order valence-corrected chi connectivity index (χ0v) is 12.3. The molecule has 0 aliphatic rings. The van der Waals surface area contributed by atoms with E-state index < -0.39 is 0 Å². The van der Waals surface area contributed by atoms with Crippen molar-refractivity contribution in [1.29, 1.82) is 0 Å². The van der Waals surface area contributed by atoms with Crippen molar-refractivity contribution >= 4 is 44.4 Å². The molecule has 0 spiro atoms. The van der Waals surface area contributed by atoms with E-state index >= 15 is 0 Å². The molecule has 0 atom stereocenters. The van der Waals surface area contributed by atoms with Gasteiger partial charge < -0.3 is 11.1 Å². The van der Waals surface area contributed by atoms with Gasteiger partial charge in [-0.1, -0.05) is 0 Å². The molecule has 0 saturated heterocycles. The first-order valence-electron chi connectivity index (χ1n) is 6.17. The number of nitrogens with zero attached hydrogens (tertiary/aromatic N) is 1. The van der Waals surface area contributed by atoms with Gasteiger partial charge in [-0.2, -0.15) is 11.3 Å². The molecule has 0 bridgehead atoms. The van der Waals surface area contributed by atoms with Gasteiger partial charge in [-0.25, -0.2) is 0 Å². The standard InChI is InChI=1S/C14H13N3OS2/c15-12-10-2-4-16-7-11(10)20-13(12)14(18)17-5-1-9-3-6-19-8-9/h2-4,6-8H,1,5,15H2,(H,17,18). The van der Waals surface area contributed by atoms with Gasteiger partial charge in [0.2, 0.25) is 0 Å². The average Bonchev–Trinajstić information content (AvgIpc) is 3.08. The largest absolute Gasteiger partial charge is 0.397 e. The fourth-order valence-corrected chi connectivity index (χ4v) is 3.68. The van der Waals surface area contributed by atoms with Crippen molar-refractivity contribution in [3.05, 3.63) is 45.7 Å². The van der Waals surface area contributed by atoms with Crippen LogP contribution in [0.4, 0.5) is 5.69 Å². The highest BCUT2D eigenvalue weighted by Crippen LogP contribution is 2.32. The molecular formula is C14H13N3OS2. The number of fused-ring (bicyclic) bond motifs is 1. The van der Waals surface area contributed by atoms with E-state index in [2.05, 4.69) is 21.7 Å². The van der Waals surface area contributed by atoms with Gasteiger partial charge in [0.1, 0.15) is 4.88 Å². The van der Waals surface area contributed by atoms with Crippen LogP contribution in [0.25, 0.3) is 10.1 Å². The molecule has 0 saturated carbocycles. The Bertz CT molecular complexity index is 734. The van der Waals surface area contributed by atoms with Crippen LogP contribution in [0.15, 0.2) is 35.3 Å². The van der Waals surface area contributed by atoms with Crippen LogP contribution >= 0.6 is 22.7 Å². The Morgan fingerprint density at radius 2 is 2.30 bits per heavy atom. The molecule has 3 rings (SSSR count). The van der Waals surface area contributed by atoms with Crippen LogP contribution in [0, 0.1) is 0 Å². The number of carbonyl (C=O) groups is 1. The Kier molecular flexibility index (Phi) is 3.66. The number of nitrogens with two attached hydrogens (primary N) is 1. The molecule has 0 aliphatic heterocycles. The van der Waals surface area contributed by atoms with Crippen molar-refractivity contribution in [2.75, 3.05) is 12.3 Å². The third-order valence-corrected chi connectivity index (χ3v) is 4.90. The number of nitrogen functional groups attached to an aromatic ring is 1. The summed E-state index contributed by atoms with van der Waals surface area (Å²) in [5, 5.41) is 7.94. The fraction of sp³-hybridized carbons (Fsp3) is 0.143. The number of nitrogens with one attached hydrogen (secondary N) is 1. The van der Waals surface area contributed by atoms with E-state index in [-0.39, 0.29) is 5.91 Å². The summed E-state index contributed by atoms with van der Waals surface area (Å²) in [6.45, 7) is 0.613. The van der Waals surface area contributed by atoms with Crippen LogP contribution in [0.5, 0.6) is 0 Å². The van der Waals surface area contributed by atoms with Gasteiger partial charge in [-0.15, -0.1) is 11.3 Å². The van der Waals surface area contributed by atoms with Crippen LogP contribution in [-0.4, -0.2) is 17.4 Å². The smallest absolute Gasteiger partial charge is 0.263 e. The Morgan fingerprint density at radius 1 is 1.40 bits per heavy atom. The first kappa shape index (κ1) is 13.1. The van der Waals surface area contributed by atoms with Crippen molar-refractivity contribution in [3.8, 4) is 0 Å². The van der Waals surface area contributed by atoms with Gasteiger partial charge in [0.25, 0.3) is 5.91 Å². The highest BCUT2D eigenvalue weighted by molar-refractivity contribution is 7.21. The molecular weight excluding hydrogens is 290 g/mol. The van der Waals surface area contributed by atoms with Crippen LogP contribution < -0.4 is 11.1 Å². The predicted molar refractivity (Wildman–Crippen MR) is 84.4 cm³/mol. The van der Waals surface area contributed by atoms with E-state index in [0.29, 0.717) is 17.1 Å². The van der Waals surface area contributed by atoms with Gasteiger partial charge in [0.15, 0.2) is 0 Å². The van der Waals surface area contributed by atoms with Crippen molar-refractivity contribution in [1.82, 2.24) is 10.3 Å². The Morgan fingerprint density at radius 3 is 3.05 bits per heavy atom. The van der Waals surface area contributed by atoms with Crippen LogP contribution in [0.3, 0.4) is 0 Å². The number of carbonyl (C=O) groups excluding carboxylic acids is 1. The van der Waals surface area contributed by atoms with Crippen molar-refractivity contribution in [2.45, 2.75) is 6.42 Å². The normalized spacial score (nSPS) is 10.8. The number of thiophene rings is 2. The molecule has 3 aromatic heterocycles. The van der Waals surface area contributed by atoms with Crippen molar-refractivity contribution < 1.29 is 4.79 Å². The number of hydrogen-bond donors (Lipinski definition) is 2. The van der Waals surface area contributed by atoms with Crippen molar-refractivity contribution in [2.24, 2.45) is 0 Å². The van der Waals surface area contributed by atoms with E-state index in [9.17, 15) is 4.79 Å². The highest BCUT2D eigenvalue weighted by atomic mass is 32.1. The molecule has 1 amide bonds. The predicted octanol–water partition coefficient (Wildman–Crippen LogP) is 2.91. The summed E-state index contributed by atoms with van der Waals surface area (Å²) in [6.07, 6.45) is 4.25. The zero-order chi connectivity index (χ0) is 13.9. The molecule has 0 aromatic carbocycles. The van der Waals surface area contributed by atoms with Gasteiger partial charge in [-0.3, -0.25) is 9.78 Å². The van der Waals surface area contributed by atoms with Gasteiger partial charge >= 0.3 is 0 Å². The maximum Gasteiger partial charge on any atom is 0.263 e. The average molecular weight is 303 g/mol. The second-order valence-corrected chi connectivity index (χ2v) is 6.19. The van der Waals surface area contributed by atoms with Gasteiger partial charge in [0.05, 0.1) is 10.4 Å². The lowest BCUT2D eigenvalue weighted by Crippen LogP contribution is -2.25. The lowest BCUT2D eigenvalue weighted by molar-refractivity contribution is 0.0959. The number of rotatable bonds is 4. The van der Waals surface area contributed by atoms with E-state index in [1.807, 2.05) is 11.4 Å². The summed E-state index contributed by atoms with van der Waals surface area (Å²) in [6, 6.07) is 3.90. The Labute approximate surface area is 124 Å². The minimum atomic E-state index is -0.112. The first-order chi connectivity index (χ1) is 9.75. The molecule has 0 fully saturated rings. The molecule has 0 unspecified atom stereocenters. The summed E-state index contributed by atoms with van der Waals surface area (Å²) in [5.74, 6) is -0.112. The number of anilines is 1. The molecule has 0 aliphatic carbocycles. The topological polar surface area (TPSA) is 68.0 Å². The van der Waals surface area contributed by atoms with E-state index in [1.165, 1.54) is 16.9 Å². The molecule has 4 nitrogen and oxygen atoms in total. The molecule has 6 heteroatoms. The minimum absolute atomic E-state index is 0.112. The lowest BCUT2D eigenvalue weighted by atomic mass is 10.2. The van der Waals surface area contributed by atoms with Gasteiger partial charge in [-0.05, 0) is 34.9 Å². The summed E-state index contributed by atoms with van der Waals surface area (Å²) >= 11 is 3.05. The summed E-state index contributed by atoms with van der Waals surface area (Å²) < 4.78 is 0.938. The summed E-state index contributed by atoms with van der Waals surface area (Å²) in [7, 11) is 0. The van der Waals surface area contributed by atoms with Crippen LogP contribution in [0.1, 0.15) is 15.2 Å². The van der Waals surface area contributed by atoms with E-state index in [1.54, 1.807) is 23.7 Å². The number of aromatic nitrogens is 1. The second-order valence-electron chi connectivity index (χ2n) is 4.35. The highest BCUT2D eigenvalue weighted by Gasteiger charge is 2.15. The molecule has 20 heavy (non-hydrogen) atoms. The monoisotopic (exact) mass is 303 g/mol. The number of hydrogen-bond acceptors (Lipinski definition) is 5. The quantitative estimate of drug-likeness (QED) is 0.778. The molecule has 0 radical (unpaired) electrons. The molecule has 102 valence electrons. The fourth-order valence-electron chi connectivity index (χ4n) is 1.98. The molecule has 3 heterocycles. The van der Waals surface area contributed by atoms with Gasteiger partial charge in [0, 0.05) is 24.3 Å². The lowest BCUT2D eigenvalue weighted by Gasteiger charge is -2.03. The molecule has 3 aromatic rings. The Hall–Kier alpha value is -1.92. The first-order valence-corrected chi connectivity index (χ1v) is 7.93. The zero-order valence-electron chi connectivity index (χ0n) is 10.6. The van der Waals surface area contributed by atoms with E-state index in [4.69, 9.17) is 5.73 Å². The Balaban J connectivity index is 1.71. The van der Waals surface area contributed by atoms with Crippen molar-refractivity contribution in [3.63, 3.8) is 0 Å². The minimum Gasteiger partial charge on any atom is -0.397 e. The third-order valence-electron chi connectivity index (χ3n) is 3.02.